The highest BCUT2D eigenvalue weighted by Gasteiger charge is 2.32. The van der Waals surface area contributed by atoms with Crippen molar-refractivity contribution in [3.05, 3.63) is 11.1 Å². The Labute approximate surface area is 115 Å². The van der Waals surface area contributed by atoms with Gasteiger partial charge in [0.25, 0.3) is 0 Å². The number of nitrogens with one attached hydrogen (secondary N) is 1. The minimum Gasteiger partial charge on any atom is -0.481 e. The number of aromatic nitrogens is 1. The predicted octanol–water partition coefficient (Wildman–Crippen LogP) is 2.17. The van der Waals surface area contributed by atoms with E-state index >= 15 is 0 Å². The number of piperidine rings is 1. The number of hydrogen-bond acceptors (Lipinski definition) is 4. The lowest BCUT2D eigenvalue weighted by atomic mass is 9.92. The number of nitrogens with zero attached hydrogens (tertiary/aromatic N) is 2. The molecule has 0 spiro atoms. The number of carboxylic acids is 1. The zero-order valence-corrected chi connectivity index (χ0v) is 11.7. The fourth-order valence-electron chi connectivity index (χ4n) is 2.27. The van der Waals surface area contributed by atoms with E-state index in [1.807, 2.05) is 13.8 Å². The SMILES string of the molecule is Cc1cnc(NC(=O)N2CCC(C(=O)O)CC2C)s1. The van der Waals surface area contributed by atoms with Crippen molar-refractivity contribution in [2.75, 3.05) is 11.9 Å². The molecule has 2 atom stereocenters. The molecule has 104 valence electrons. The molecule has 0 saturated carbocycles. The van der Waals surface area contributed by atoms with Crippen molar-refractivity contribution in [3.8, 4) is 0 Å². The summed E-state index contributed by atoms with van der Waals surface area (Å²) in [5.74, 6) is -1.12. The average Bonchev–Trinajstić information content (AvgIpc) is 2.74. The molecule has 2 N–H and O–H groups in total. The Morgan fingerprint density at radius 2 is 2.32 bits per heavy atom. The zero-order valence-electron chi connectivity index (χ0n) is 10.9. The summed E-state index contributed by atoms with van der Waals surface area (Å²) in [5, 5.41) is 12.3. The molecule has 1 aliphatic rings. The Morgan fingerprint density at radius 1 is 1.58 bits per heavy atom. The number of urea groups is 1. The van der Waals surface area contributed by atoms with Crippen molar-refractivity contribution in [1.29, 1.82) is 0 Å². The van der Waals surface area contributed by atoms with E-state index in [2.05, 4.69) is 10.3 Å². The van der Waals surface area contributed by atoms with Crippen LogP contribution in [0, 0.1) is 12.8 Å². The van der Waals surface area contributed by atoms with Crippen LogP contribution < -0.4 is 5.32 Å². The van der Waals surface area contributed by atoms with E-state index in [-0.39, 0.29) is 18.0 Å². The number of aliphatic carboxylic acids is 1. The molecular weight excluding hydrogens is 266 g/mol. The molecule has 0 aromatic carbocycles. The summed E-state index contributed by atoms with van der Waals surface area (Å²) in [6.45, 7) is 4.27. The second-order valence-corrected chi connectivity index (χ2v) is 6.04. The van der Waals surface area contributed by atoms with Crippen LogP contribution in [0.15, 0.2) is 6.20 Å². The minimum absolute atomic E-state index is 0.0732. The van der Waals surface area contributed by atoms with E-state index in [9.17, 15) is 9.59 Å². The first-order valence-electron chi connectivity index (χ1n) is 6.20. The number of thiazole rings is 1. The van der Waals surface area contributed by atoms with Crippen molar-refractivity contribution in [2.24, 2.45) is 5.92 Å². The lowest BCUT2D eigenvalue weighted by Crippen LogP contribution is -2.47. The van der Waals surface area contributed by atoms with Crippen molar-refractivity contribution in [1.82, 2.24) is 9.88 Å². The maximum atomic E-state index is 12.1. The van der Waals surface area contributed by atoms with E-state index in [1.54, 1.807) is 11.1 Å². The van der Waals surface area contributed by atoms with Gasteiger partial charge in [0.05, 0.1) is 5.92 Å². The van der Waals surface area contributed by atoms with Gasteiger partial charge in [0, 0.05) is 23.7 Å². The maximum absolute atomic E-state index is 12.1. The van der Waals surface area contributed by atoms with Crippen LogP contribution in [-0.2, 0) is 4.79 Å². The lowest BCUT2D eigenvalue weighted by molar-refractivity contribution is -0.143. The monoisotopic (exact) mass is 283 g/mol. The third kappa shape index (κ3) is 3.23. The largest absolute Gasteiger partial charge is 0.481 e. The average molecular weight is 283 g/mol. The first-order chi connectivity index (χ1) is 8.97. The molecule has 0 radical (unpaired) electrons. The topological polar surface area (TPSA) is 82.5 Å². The predicted molar refractivity (Wildman–Crippen MR) is 72.4 cm³/mol. The van der Waals surface area contributed by atoms with Gasteiger partial charge in [-0.2, -0.15) is 0 Å². The molecule has 1 aromatic heterocycles. The number of carbonyl (C=O) groups is 2. The fraction of sp³-hybridized carbons (Fsp3) is 0.583. The summed E-state index contributed by atoms with van der Waals surface area (Å²) < 4.78 is 0. The van der Waals surface area contributed by atoms with Gasteiger partial charge in [-0.1, -0.05) is 0 Å². The lowest BCUT2D eigenvalue weighted by Gasteiger charge is -2.35. The molecule has 6 nitrogen and oxygen atoms in total. The molecule has 1 aliphatic heterocycles. The Hall–Kier alpha value is -1.63. The number of rotatable bonds is 2. The van der Waals surface area contributed by atoms with Crippen molar-refractivity contribution in [3.63, 3.8) is 0 Å². The number of carboxylic acid groups (broad SMARTS) is 1. The fourth-order valence-corrected chi connectivity index (χ4v) is 2.93. The van der Waals surface area contributed by atoms with Crippen LogP contribution in [0.5, 0.6) is 0 Å². The Bertz CT molecular complexity index is 488. The van der Waals surface area contributed by atoms with Crippen LogP contribution in [0.25, 0.3) is 0 Å². The van der Waals surface area contributed by atoms with Gasteiger partial charge in [0.2, 0.25) is 0 Å². The Kier molecular flexibility index (Phi) is 4.04. The van der Waals surface area contributed by atoms with Crippen molar-refractivity contribution >= 4 is 28.5 Å². The van der Waals surface area contributed by atoms with Gasteiger partial charge in [-0.15, -0.1) is 11.3 Å². The molecule has 2 amide bonds. The molecule has 0 bridgehead atoms. The highest BCUT2D eigenvalue weighted by molar-refractivity contribution is 7.15. The Morgan fingerprint density at radius 3 is 2.84 bits per heavy atom. The second kappa shape index (κ2) is 5.56. The maximum Gasteiger partial charge on any atom is 0.323 e. The van der Waals surface area contributed by atoms with E-state index < -0.39 is 5.97 Å². The number of aryl methyl sites for hydroxylation is 1. The third-order valence-electron chi connectivity index (χ3n) is 3.32. The summed E-state index contributed by atoms with van der Waals surface area (Å²) in [6, 6.07) is -0.276. The molecule has 7 heteroatoms. The summed E-state index contributed by atoms with van der Waals surface area (Å²) in [4.78, 5) is 29.8. The van der Waals surface area contributed by atoms with Crippen LogP contribution in [0.2, 0.25) is 0 Å². The molecule has 19 heavy (non-hydrogen) atoms. The van der Waals surface area contributed by atoms with Crippen LogP contribution in [-0.4, -0.2) is 39.6 Å². The van der Waals surface area contributed by atoms with Crippen LogP contribution in [0.1, 0.15) is 24.6 Å². The van der Waals surface area contributed by atoms with Crippen LogP contribution in [0.3, 0.4) is 0 Å². The second-order valence-electron chi connectivity index (χ2n) is 4.81. The summed E-state index contributed by atoms with van der Waals surface area (Å²) in [6.07, 6.45) is 2.71. The summed E-state index contributed by atoms with van der Waals surface area (Å²) in [7, 11) is 0. The molecule has 2 unspecified atom stereocenters. The van der Waals surface area contributed by atoms with E-state index in [4.69, 9.17) is 5.11 Å². The van der Waals surface area contributed by atoms with E-state index in [0.717, 1.165) is 4.88 Å². The molecule has 1 saturated heterocycles. The zero-order chi connectivity index (χ0) is 14.0. The van der Waals surface area contributed by atoms with E-state index in [1.165, 1.54) is 11.3 Å². The van der Waals surface area contributed by atoms with Gasteiger partial charge < -0.3 is 10.0 Å². The summed E-state index contributed by atoms with van der Waals surface area (Å²) >= 11 is 1.42. The van der Waals surface area contributed by atoms with Crippen LogP contribution >= 0.6 is 11.3 Å². The molecule has 2 rings (SSSR count). The number of hydrogen-bond donors (Lipinski definition) is 2. The Balaban J connectivity index is 1.95. The van der Waals surface area contributed by atoms with Gasteiger partial charge in [-0.05, 0) is 26.7 Å². The van der Waals surface area contributed by atoms with Gasteiger partial charge in [0.1, 0.15) is 0 Å². The number of carbonyl (C=O) groups excluding carboxylic acids is 1. The number of likely N-dealkylation sites (tertiary alicyclic amines) is 1. The molecule has 1 aromatic rings. The quantitative estimate of drug-likeness (QED) is 0.871. The van der Waals surface area contributed by atoms with Crippen molar-refractivity contribution in [2.45, 2.75) is 32.7 Å². The van der Waals surface area contributed by atoms with Crippen molar-refractivity contribution < 1.29 is 14.7 Å². The van der Waals surface area contributed by atoms with E-state index in [0.29, 0.717) is 24.5 Å². The van der Waals surface area contributed by atoms with Crippen LogP contribution in [0.4, 0.5) is 9.93 Å². The standard InChI is InChI=1S/C12H17N3O3S/c1-7-5-9(10(16)17)3-4-15(7)12(18)14-11-13-6-8(2)19-11/h6-7,9H,3-5H2,1-2H3,(H,16,17)(H,13,14,18). The first-order valence-corrected chi connectivity index (χ1v) is 7.02. The molecule has 0 aliphatic carbocycles. The number of anilines is 1. The minimum atomic E-state index is -0.776. The molecule has 1 fully saturated rings. The van der Waals surface area contributed by atoms with Gasteiger partial charge in [-0.25, -0.2) is 9.78 Å². The third-order valence-corrected chi connectivity index (χ3v) is 4.15. The van der Waals surface area contributed by atoms with Gasteiger partial charge >= 0.3 is 12.0 Å². The molecular formula is C12H17N3O3S. The van der Waals surface area contributed by atoms with Gasteiger partial charge in [-0.3, -0.25) is 10.1 Å². The smallest absolute Gasteiger partial charge is 0.323 e. The number of amides is 2. The highest BCUT2D eigenvalue weighted by atomic mass is 32.1. The van der Waals surface area contributed by atoms with Gasteiger partial charge in [0.15, 0.2) is 5.13 Å². The summed E-state index contributed by atoms with van der Waals surface area (Å²) in [5.41, 5.74) is 0. The normalized spacial score (nSPS) is 23.2. The molecule has 2 heterocycles. The highest BCUT2D eigenvalue weighted by Crippen LogP contribution is 2.24. The first kappa shape index (κ1) is 13.8.